The van der Waals surface area contributed by atoms with Crippen LogP contribution < -0.4 is 5.32 Å². The van der Waals surface area contributed by atoms with E-state index in [9.17, 15) is 9.90 Å². The molecule has 2 aromatic carbocycles. The van der Waals surface area contributed by atoms with Gasteiger partial charge in [0.1, 0.15) is 5.75 Å². The largest absolute Gasteiger partial charge is 0.508 e. The number of aryl methyl sites for hydroxylation is 1. The molecular formula is C24H23N5O2. The van der Waals surface area contributed by atoms with Gasteiger partial charge in [0.25, 0.3) is 5.91 Å². The molecule has 31 heavy (non-hydrogen) atoms. The Hall–Kier alpha value is -3.71. The summed E-state index contributed by atoms with van der Waals surface area (Å²) in [6, 6.07) is 18.9. The van der Waals surface area contributed by atoms with Crippen molar-refractivity contribution < 1.29 is 9.90 Å². The summed E-state index contributed by atoms with van der Waals surface area (Å²) < 4.78 is 0. The van der Waals surface area contributed by atoms with E-state index in [-0.39, 0.29) is 17.7 Å². The molecule has 0 radical (unpaired) electrons. The molecule has 0 unspecified atom stereocenters. The third kappa shape index (κ3) is 3.64. The standard InChI is InChI=1S/C24H23N5O2/c1-15-22-19(13-20(26-23(22)28-27-15)17-7-9-18(30)10-8-17)24(31)29-12-11-25-21(14-29)16-5-3-2-4-6-16/h2-10,13,21,25,30H,11-12,14H2,1H3,(H,26,27,28)/t21-/m0/s1. The molecule has 0 bridgehead atoms. The van der Waals surface area contributed by atoms with Crippen molar-refractivity contribution in [1.82, 2.24) is 25.4 Å². The molecule has 1 fully saturated rings. The van der Waals surface area contributed by atoms with Crippen molar-refractivity contribution in [2.75, 3.05) is 19.6 Å². The number of nitrogens with one attached hydrogen (secondary N) is 2. The maximum atomic E-state index is 13.7. The predicted molar refractivity (Wildman–Crippen MR) is 119 cm³/mol. The lowest BCUT2D eigenvalue weighted by atomic mass is 10.0. The van der Waals surface area contributed by atoms with Gasteiger partial charge in [0, 0.05) is 36.9 Å². The second-order valence-electron chi connectivity index (χ2n) is 7.82. The number of pyridine rings is 1. The van der Waals surface area contributed by atoms with Gasteiger partial charge in [0.15, 0.2) is 5.65 Å². The Balaban J connectivity index is 1.53. The first-order valence-corrected chi connectivity index (χ1v) is 10.3. The Morgan fingerprint density at radius 3 is 2.68 bits per heavy atom. The number of carbonyl (C=O) groups excluding carboxylic acids is 1. The fourth-order valence-electron chi connectivity index (χ4n) is 4.14. The summed E-state index contributed by atoms with van der Waals surface area (Å²) in [6.07, 6.45) is 0. The Morgan fingerprint density at radius 2 is 1.90 bits per heavy atom. The number of amides is 1. The van der Waals surface area contributed by atoms with Crippen LogP contribution in [0.15, 0.2) is 60.7 Å². The molecular weight excluding hydrogens is 390 g/mol. The van der Waals surface area contributed by atoms with Gasteiger partial charge < -0.3 is 15.3 Å². The minimum absolute atomic E-state index is 0.0284. The molecule has 0 saturated carbocycles. The Kier molecular flexibility index (Phi) is 4.88. The van der Waals surface area contributed by atoms with Crippen LogP contribution in [0.3, 0.4) is 0 Å². The van der Waals surface area contributed by atoms with Crippen molar-refractivity contribution in [3.05, 3.63) is 77.5 Å². The predicted octanol–water partition coefficient (Wildman–Crippen LogP) is 3.43. The molecule has 7 nitrogen and oxygen atoms in total. The lowest BCUT2D eigenvalue weighted by Crippen LogP contribution is -2.48. The van der Waals surface area contributed by atoms with E-state index in [2.05, 4.69) is 32.6 Å². The molecule has 5 rings (SSSR count). The first-order valence-electron chi connectivity index (χ1n) is 10.3. The Labute approximate surface area is 179 Å². The molecule has 1 saturated heterocycles. The maximum Gasteiger partial charge on any atom is 0.254 e. The SMILES string of the molecule is Cc1[nH]nc2nc(-c3ccc(O)cc3)cc(C(=O)N3CCN[C@H](c4ccccc4)C3)c12. The quantitative estimate of drug-likeness (QED) is 0.478. The normalized spacial score (nSPS) is 16.5. The molecule has 156 valence electrons. The summed E-state index contributed by atoms with van der Waals surface area (Å²) in [6.45, 7) is 3.86. The van der Waals surface area contributed by atoms with Gasteiger partial charge in [-0.15, -0.1) is 0 Å². The smallest absolute Gasteiger partial charge is 0.254 e. The number of rotatable bonds is 3. The van der Waals surface area contributed by atoms with Crippen LogP contribution in [0.1, 0.15) is 27.7 Å². The fourth-order valence-corrected chi connectivity index (χ4v) is 4.14. The molecule has 7 heteroatoms. The number of H-pyrrole nitrogens is 1. The van der Waals surface area contributed by atoms with Gasteiger partial charge >= 0.3 is 0 Å². The molecule has 1 aliphatic rings. The van der Waals surface area contributed by atoms with Crippen molar-refractivity contribution in [1.29, 1.82) is 0 Å². The molecule has 2 aromatic heterocycles. The minimum atomic E-state index is -0.0284. The molecule has 3 heterocycles. The number of piperazine rings is 1. The zero-order chi connectivity index (χ0) is 21.4. The third-order valence-electron chi connectivity index (χ3n) is 5.76. The highest BCUT2D eigenvalue weighted by Crippen LogP contribution is 2.28. The van der Waals surface area contributed by atoms with Gasteiger partial charge in [-0.3, -0.25) is 9.89 Å². The minimum Gasteiger partial charge on any atom is -0.508 e. The molecule has 4 aromatic rings. The van der Waals surface area contributed by atoms with Crippen molar-refractivity contribution in [3.8, 4) is 17.0 Å². The number of fused-ring (bicyclic) bond motifs is 1. The molecule has 0 spiro atoms. The van der Waals surface area contributed by atoms with Crippen LogP contribution in [0.25, 0.3) is 22.3 Å². The van der Waals surface area contributed by atoms with E-state index < -0.39 is 0 Å². The number of hydrogen-bond donors (Lipinski definition) is 3. The monoisotopic (exact) mass is 413 g/mol. The van der Waals surface area contributed by atoms with Crippen molar-refractivity contribution >= 4 is 16.9 Å². The number of phenolic OH excluding ortho intramolecular Hbond substituents is 1. The number of phenols is 1. The number of aromatic amines is 1. The van der Waals surface area contributed by atoms with Crippen molar-refractivity contribution in [2.45, 2.75) is 13.0 Å². The second kappa shape index (κ2) is 7.85. The van der Waals surface area contributed by atoms with Gasteiger partial charge in [-0.1, -0.05) is 30.3 Å². The summed E-state index contributed by atoms with van der Waals surface area (Å²) in [5, 5.41) is 21.1. The fraction of sp³-hybridized carbons (Fsp3) is 0.208. The number of nitrogens with zero attached hydrogens (tertiary/aromatic N) is 3. The van der Waals surface area contributed by atoms with Crippen LogP contribution in [-0.4, -0.2) is 50.7 Å². The van der Waals surface area contributed by atoms with Gasteiger partial charge in [0.05, 0.1) is 16.6 Å². The van der Waals surface area contributed by atoms with Gasteiger partial charge in [-0.25, -0.2) is 4.98 Å². The van der Waals surface area contributed by atoms with E-state index in [4.69, 9.17) is 0 Å². The summed E-state index contributed by atoms with van der Waals surface area (Å²) in [5.41, 5.74) is 4.56. The Bertz CT molecular complexity index is 1230. The number of aromatic hydroxyl groups is 1. The molecule has 3 N–H and O–H groups in total. The topological polar surface area (TPSA) is 94.1 Å². The average Bonchev–Trinajstić information content (AvgIpc) is 3.20. The van der Waals surface area contributed by atoms with Gasteiger partial charge in [0.2, 0.25) is 0 Å². The highest BCUT2D eigenvalue weighted by atomic mass is 16.3. The maximum absolute atomic E-state index is 13.7. The lowest BCUT2D eigenvalue weighted by Gasteiger charge is -2.34. The van der Waals surface area contributed by atoms with Crippen molar-refractivity contribution in [3.63, 3.8) is 0 Å². The lowest BCUT2D eigenvalue weighted by molar-refractivity contribution is 0.0705. The van der Waals surface area contributed by atoms with Gasteiger partial charge in [-0.05, 0) is 42.8 Å². The number of carbonyl (C=O) groups is 1. The Morgan fingerprint density at radius 1 is 1.13 bits per heavy atom. The molecule has 1 atom stereocenters. The summed E-state index contributed by atoms with van der Waals surface area (Å²) in [7, 11) is 0. The highest BCUT2D eigenvalue weighted by molar-refractivity contribution is 6.07. The van der Waals surface area contributed by atoms with Crippen LogP contribution in [0.4, 0.5) is 0 Å². The van der Waals surface area contributed by atoms with E-state index in [1.165, 1.54) is 5.56 Å². The van der Waals surface area contributed by atoms with Crippen LogP contribution in [0, 0.1) is 6.92 Å². The van der Waals surface area contributed by atoms with E-state index in [1.807, 2.05) is 36.1 Å². The first-order chi connectivity index (χ1) is 15.1. The average molecular weight is 413 g/mol. The van der Waals surface area contributed by atoms with Gasteiger partial charge in [-0.2, -0.15) is 5.10 Å². The number of benzene rings is 2. The van der Waals surface area contributed by atoms with Crippen LogP contribution in [0.5, 0.6) is 5.75 Å². The second-order valence-corrected chi connectivity index (χ2v) is 7.82. The molecule has 1 aliphatic heterocycles. The summed E-state index contributed by atoms with van der Waals surface area (Å²) in [5.74, 6) is 0.156. The zero-order valence-corrected chi connectivity index (χ0v) is 17.2. The number of hydrogen-bond acceptors (Lipinski definition) is 5. The van der Waals surface area contributed by atoms with E-state index >= 15 is 0 Å². The first kappa shape index (κ1) is 19.3. The van der Waals surface area contributed by atoms with Crippen molar-refractivity contribution in [2.24, 2.45) is 0 Å². The number of aromatic nitrogens is 3. The summed E-state index contributed by atoms with van der Waals surface area (Å²) in [4.78, 5) is 20.2. The van der Waals surface area contributed by atoms with Crippen LogP contribution in [-0.2, 0) is 0 Å². The van der Waals surface area contributed by atoms with E-state index in [1.54, 1.807) is 24.3 Å². The van der Waals surface area contributed by atoms with Crippen LogP contribution >= 0.6 is 0 Å². The molecule has 1 amide bonds. The zero-order valence-electron chi connectivity index (χ0n) is 17.2. The van der Waals surface area contributed by atoms with E-state index in [0.29, 0.717) is 30.0 Å². The summed E-state index contributed by atoms with van der Waals surface area (Å²) >= 11 is 0. The highest BCUT2D eigenvalue weighted by Gasteiger charge is 2.27. The third-order valence-corrected chi connectivity index (χ3v) is 5.76. The molecule has 0 aliphatic carbocycles. The van der Waals surface area contributed by atoms with E-state index in [0.717, 1.165) is 23.2 Å². The van der Waals surface area contributed by atoms with Crippen LogP contribution in [0.2, 0.25) is 0 Å².